The molecule has 148 valence electrons. The first-order chi connectivity index (χ1) is 13.3. The van der Waals surface area contributed by atoms with Gasteiger partial charge in [0.2, 0.25) is 0 Å². The number of aryl methyl sites for hydroxylation is 2. The Morgan fingerprint density at radius 1 is 1.29 bits per heavy atom. The lowest BCUT2D eigenvalue weighted by molar-refractivity contribution is -0.0623. The fraction of sp³-hybridized carbons (Fsp3) is 0.381. The number of amides is 1. The Morgan fingerprint density at radius 2 is 2.04 bits per heavy atom. The average molecular weight is 399 g/mol. The summed E-state index contributed by atoms with van der Waals surface area (Å²) in [5, 5.41) is 5.41. The number of nitrogens with one attached hydrogen (secondary N) is 1. The third-order valence-electron chi connectivity index (χ3n) is 4.32. The number of nitrogens with zero attached hydrogens (tertiary/aromatic N) is 3. The average Bonchev–Trinajstić information content (AvgIpc) is 3.29. The van der Waals surface area contributed by atoms with Crippen LogP contribution in [0.2, 0.25) is 0 Å². The summed E-state index contributed by atoms with van der Waals surface area (Å²) in [6.07, 6.45) is 6.41. The molecule has 0 radical (unpaired) electrons. The molecule has 0 aliphatic rings. The number of carbonyl (C=O) groups excluding carboxylic acids is 1. The Hall–Kier alpha value is -2.51. The predicted molar refractivity (Wildman–Crippen MR) is 112 cm³/mol. The van der Waals surface area contributed by atoms with E-state index in [-0.39, 0.29) is 12.0 Å². The summed E-state index contributed by atoms with van der Waals surface area (Å²) in [5.74, 6) is -0.164. The SMILES string of the molecule is CC(C)OC(C)(C)c1csc(NC(=O)c2cccn2CCc2ccncc2)n1. The van der Waals surface area contributed by atoms with E-state index in [4.69, 9.17) is 4.74 Å². The smallest absolute Gasteiger partial charge is 0.274 e. The number of carbonyl (C=O) groups is 1. The van der Waals surface area contributed by atoms with Crippen molar-refractivity contribution in [2.75, 3.05) is 5.32 Å². The fourth-order valence-corrected chi connectivity index (χ4v) is 3.90. The van der Waals surface area contributed by atoms with Crippen molar-refractivity contribution in [2.24, 2.45) is 0 Å². The van der Waals surface area contributed by atoms with E-state index >= 15 is 0 Å². The summed E-state index contributed by atoms with van der Waals surface area (Å²) in [5.41, 5.74) is 2.11. The molecule has 0 aliphatic heterocycles. The van der Waals surface area contributed by atoms with Gasteiger partial charge in [0.25, 0.3) is 5.91 Å². The number of pyridine rings is 1. The highest BCUT2D eigenvalue weighted by Gasteiger charge is 2.26. The van der Waals surface area contributed by atoms with Gasteiger partial charge in [0, 0.05) is 30.5 Å². The first kappa shape index (κ1) is 20.2. The Kier molecular flexibility index (Phi) is 6.26. The molecule has 28 heavy (non-hydrogen) atoms. The Balaban J connectivity index is 1.65. The first-order valence-electron chi connectivity index (χ1n) is 9.34. The van der Waals surface area contributed by atoms with Gasteiger partial charge >= 0.3 is 0 Å². The predicted octanol–water partition coefficient (Wildman–Crippen LogP) is 4.49. The quantitative estimate of drug-likeness (QED) is 0.607. The molecule has 1 N–H and O–H groups in total. The van der Waals surface area contributed by atoms with Crippen LogP contribution in [0.15, 0.2) is 48.2 Å². The maximum absolute atomic E-state index is 12.7. The zero-order valence-electron chi connectivity index (χ0n) is 16.7. The van der Waals surface area contributed by atoms with Gasteiger partial charge in [0.15, 0.2) is 5.13 Å². The largest absolute Gasteiger partial charge is 0.367 e. The van der Waals surface area contributed by atoms with Crippen LogP contribution in [0, 0.1) is 0 Å². The Morgan fingerprint density at radius 3 is 2.75 bits per heavy atom. The van der Waals surface area contributed by atoms with E-state index in [2.05, 4.69) is 15.3 Å². The molecule has 3 aromatic heterocycles. The zero-order chi connectivity index (χ0) is 20.1. The standard InChI is InChI=1S/C21H26N4O2S/c1-15(2)27-21(3,4)18-14-28-20(23-18)24-19(26)17-6-5-12-25(17)13-9-16-7-10-22-11-8-16/h5-8,10-12,14-15H,9,13H2,1-4H3,(H,23,24,26). The number of hydrogen-bond donors (Lipinski definition) is 1. The molecule has 6 nitrogen and oxygen atoms in total. The molecular formula is C21H26N4O2S. The van der Waals surface area contributed by atoms with Crippen molar-refractivity contribution in [1.29, 1.82) is 0 Å². The van der Waals surface area contributed by atoms with Gasteiger partial charge in [-0.1, -0.05) is 0 Å². The minimum Gasteiger partial charge on any atom is -0.367 e. The monoisotopic (exact) mass is 398 g/mol. The highest BCUT2D eigenvalue weighted by atomic mass is 32.1. The topological polar surface area (TPSA) is 69.0 Å². The highest BCUT2D eigenvalue weighted by molar-refractivity contribution is 7.14. The number of anilines is 1. The van der Waals surface area contributed by atoms with Crippen molar-refractivity contribution < 1.29 is 9.53 Å². The van der Waals surface area contributed by atoms with Crippen LogP contribution in [0.4, 0.5) is 5.13 Å². The molecule has 0 saturated heterocycles. The zero-order valence-corrected chi connectivity index (χ0v) is 17.5. The lowest BCUT2D eigenvalue weighted by atomic mass is 10.1. The van der Waals surface area contributed by atoms with Gasteiger partial charge in [-0.05, 0) is 63.9 Å². The van der Waals surface area contributed by atoms with Gasteiger partial charge in [0.1, 0.15) is 11.3 Å². The Bertz CT molecular complexity index is 915. The summed E-state index contributed by atoms with van der Waals surface area (Å²) in [4.78, 5) is 21.3. The lowest BCUT2D eigenvalue weighted by Gasteiger charge is -2.25. The van der Waals surface area contributed by atoms with E-state index < -0.39 is 5.60 Å². The summed E-state index contributed by atoms with van der Waals surface area (Å²) in [6.45, 7) is 8.68. The van der Waals surface area contributed by atoms with Gasteiger partial charge in [-0.25, -0.2) is 4.98 Å². The van der Waals surface area contributed by atoms with Crippen LogP contribution in [0.1, 0.15) is 49.4 Å². The van der Waals surface area contributed by atoms with E-state index in [0.29, 0.717) is 10.8 Å². The molecule has 0 spiro atoms. The van der Waals surface area contributed by atoms with E-state index in [1.807, 2.05) is 68.1 Å². The van der Waals surface area contributed by atoms with Gasteiger partial charge in [0.05, 0.1) is 11.8 Å². The van der Waals surface area contributed by atoms with E-state index in [1.54, 1.807) is 12.4 Å². The van der Waals surface area contributed by atoms with Crippen molar-refractivity contribution in [3.63, 3.8) is 0 Å². The van der Waals surface area contributed by atoms with Gasteiger partial charge in [-0.15, -0.1) is 11.3 Å². The van der Waals surface area contributed by atoms with Crippen LogP contribution in [-0.2, 0) is 23.3 Å². The van der Waals surface area contributed by atoms with Gasteiger partial charge in [-0.3, -0.25) is 15.1 Å². The third kappa shape index (κ3) is 5.05. The van der Waals surface area contributed by atoms with Crippen molar-refractivity contribution >= 4 is 22.4 Å². The highest BCUT2D eigenvalue weighted by Crippen LogP contribution is 2.29. The molecule has 0 bridgehead atoms. The van der Waals surface area contributed by atoms with Crippen LogP contribution < -0.4 is 5.32 Å². The molecule has 3 heterocycles. The minimum absolute atomic E-state index is 0.0958. The molecule has 1 amide bonds. The van der Waals surface area contributed by atoms with Crippen molar-refractivity contribution in [3.8, 4) is 0 Å². The van der Waals surface area contributed by atoms with Crippen molar-refractivity contribution in [2.45, 2.75) is 52.4 Å². The third-order valence-corrected chi connectivity index (χ3v) is 5.08. The van der Waals surface area contributed by atoms with E-state index in [0.717, 1.165) is 18.7 Å². The van der Waals surface area contributed by atoms with Crippen molar-refractivity contribution in [1.82, 2.24) is 14.5 Å². The fourth-order valence-electron chi connectivity index (χ4n) is 3.03. The van der Waals surface area contributed by atoms with Crippen LogP contribution in [0.25, 0.3) is 0 Å². The van der Waals surface area contributed by atoms with Crippen LogP contribution in [-0.4, -0.2) is 26.5 Å². The van der Waals surface area contributed by atoms with Crippen LogP contribution >= 0.6 is 11.3 Å². The molecule has 0 aliphatic carbocycles. The Labute approximate surface area is 169 Å². The van der Waals surface area contributed by atoms with Crippen LogP contribution in [0.5, 0.6) is 0 Å². The second kappa shape index (κ2) is 8.67. The van der Waals surface area contributed by atoms with Gasteiger partial charge < -0.3 is 9.30 Å². The lowest BCUT2D eigenvalue weighted by Crippen LogP contribution is -2.26. The molecule has 3 rings (SSSR count). The van der Waals surface area contributed by atoms with E-state index in [9.17, 15) is 4.79 Å². The molecule has 7 heteroatoms. The molecule has 0 atom stereocenters. The van der Waals surface area contributed by atoms with E-state index in [1.165, 1.54) is 16.9 Å². The second-order valence-electron chi connectivity index (χ2n) is 7.36. The molecule has 3 aromatic rings. The molecule has 0 unspecified atom stereocenters. The minimum atomic E-state index is -0.502. The number of thiazole rings is 1. The summed E-state index contributed by atoms with van der Waals surface area (Å²) >= 11 is 1.41. The molecular weight excluding hydrogens is 372 g/mol. The normalized spacial score (nSPS) is 11.8. The van der Waals surface area contributed by atoms with Crippen molar-refractivity contribution in [3.05, 3.63) is 65.2 Å². The summed E-state index contributed by atoms with van der Waals surface area (Å²) in [7, 11) is 0. The second-order valence-corrected chi connectivity index (χ2v) is 8.22. The molecule has 0 saturated carbocycles. The number of rotatable bonds is 8. The summed E-state index contributed by atoms with van der Waals surface area (Å²) in [6, 6.07) is 7.68. The van der Waals surface area contributed by atoms with Crippen LogP contribution in [0.3, 0.4) is 0 Å². The maximum atomic E-state index is 12.7. The number of ether oxygens (including phenoxy) is 1. The maximum Gasteiger partial charge on any atom is 0.274 e. The van der Waals surface area contributed by atoms with Gasteiger partial charge in [-0.2, -0.15) is 0 Å². The number of hydrogen-bond acceptors (Lipinski definition) is 5. The number of aromatic nitrogens is 3. The molecule has 0 aromatic carbocycles. The molecule has 0 fully saturated rings. The summed E-state index contributed by atoms with van der Waals surface area (Å²) < 4.78 is 7.88. The first-order valence-corrected chi connectivity index (χ1v) is 10.2.